The highest BCUT2D eigenvalue weighted by atomic mass is 79.9. The number of hydrogen-bond donors (Lipinski definition) is 1. The van der Waals surface area contributed by atoms with Crippen LogP contribution in [0.1, 0.15) is 39.2 Å². The Morgan fingerprint density at radius 1 is 1.29 bits per heavy atom. The van der Waals surface area contributed by atoms with Crippen LogP contribution in [0.3, 0.4) is 0 Å². The van der Waals surface area contributed by atoms with E-state index in [1.54, 1.807) is 31.8 Å². The van der Waals surface area contributed by atoms with Crippen molar-refractivity contribution in [2.45, 2.75) is 51.8 Å². The summed E-state index contributed by atoms with van der Waals surface area (Å²) in [6, 6.07) is 7.32. The second-order valence-corrected chi connectivity index (χ2v) is 8.63. The minimum atomic E-state index is -0.603. The summed E-state index contributed by atoms with van der Waals surface area (Å²) in [4.78, 5) is 30.6. The molecule has 1 aliphatic heterocycles. The third-order valence-electron chi connectivity index (χ3n) is 4.21. The predicted octanol–water partition coefficient (Wildman–Crippen LogP) is 3.43. The maximum atomic E-state index is 12.6. The molecule has 0 spiro atoms. The Hall–Kier alpha value is -2.42. The lowest BCUT2D eigenvalue weighted by atomic mass is 10.2. The Morgan fingerprint density at radius 3 is 2.68 bits per heavy atom. The second-order valence-electron chi connectivity index (χ2n) is 7.71. The minimum Gasteiger partial charge on any atom is -0.444 e. The van der Waals surface area contributed by atoms with Gasteiger partial charge in [0.15, 0.2) is 0 Å². The molecule has 1 aromatic heterocycles. The molecule has 1 aliphatic rings. The van der Waals surface area contributed by atoms with E-state index in [1.807, 2.05) is 24.3 Å². The molecule has 0 aliphatic carbocycles. The van der Waals surface area contributed by atoms with Gasteiger partial charge in [-0.2, -0.15) is 0 Å². The average molecular weight is 450 g/mol. The molecule has 0 saturated carbocycles. The van der Waals surface area contributed by atoms with Gasteiger partial charge in [0.1, 0.15) is 18.0 Å². The summed E-state index contributed by atoms with van der Waals surface area (Å²) < 4.78 is 8.06. The normalized spacial score (nSPS) is 16.9. The molecule has 2 heterocycles. The van der Waals surface area contributed by atoms with Crippen LogP contribution < -0.4 is 5.32 Å². The molecular formula is C19H24BrN5O3. The van der Waals surface area contributed by atoms with Crippen molar-refractivity contribution in [3.05, 3.63) is 40.6 Å². The fraction of sp³-hybridized carbons (Fsp3) is 0.474. The summed E-state index contributed by atoms with van der Waals surface area (Å²) in [5, 5.41) is 7.00. The molecule has 8 nitrogen and oxygen atoms in total. The third kappa shape index (κ3) is 5.31. The second kappa shape index (κ2) is 8.30. The fourth-order valence-electron chi connectivity index (χ4n) is 2.98. The van der Waals surface area contributed by atoms with Crippen LogP contribution in [0.4, 0.5) is 10.7 Å². The highest BCUT2D eigenvalue weighted by molar-refractivity contribution is 9.10. The third-order valence-corrected chi connectivity index (χ3v) is 4.74. The van der Waals surface area contributed by atoms with Crippen LogP contribution in [0, 0.1) is 0 Å². The smallest absolute Gasteiger partial charge is 0.410 e. The van der Waals surface area contributed by atoms with Crippen molar-refractivity contribution >= 4 is 33.9 Å². The number of aromatic nitrogens is 3. The number of hydrogen-bond acceptors (Lipinski definition) is 5. The molecule has 9 heteroatoms. The number of rotatable bonds is 4. The predicted molar refractivity (Wildman–Crippen MR) is 108 cm³/mol. The Bertz CT molecular complexity index is 844. The summed E-state index contributed by atoms with van der Waals surface area (Å²) in [5.74, 6) is -0.0806. The summed E-state index contributed by atoms with van der Waals surface area (Å²) in [6.07, 6.45) is 2.43. The van der Waals surface area contributed by atoms with Crippen LogP contribution >= 0.6 is 15.9 Å². The standard InChI is InChI=1S/C19H24BrN5O3/c1-19(2,3)28-18(27)25-10-4-5-15(25)16(26)22-17-21-12-24(23-17)11-13-6-8-14(20)9-7-13/h6-9,12,15H,4-5,10-11H2,1-3H3,(H,22,23,26)/t15-/m0/s1. The Morgan fingerprint density at radius 2 is 2.00 bits per heavy atom. The number of halogens is 1. The van der Waals surface area contributed by atoms with Gasteiger partial charge >= 0.3 is 6.09 Å². The molecular weight excluding hydrogens is 426 g/mol. The Balaban J connectivity index is 1.60. The van der Waals surface area contributed by atoms with Crippen molar-refractivity contribution in [2.24, 2.45) is 0 Å². The molecule has 28 heavy (non-hydrogen) atoms. The van der Waals surface area contributed by atoms with Crippen molar-refractivity contribution in [1.29, 1.82) is 0 Å². The summed E-state index contributed by atoms with van der Waals surface area (Å²) in [7, 11) is 0. The molecule has 1 atom stereocenters. The zero-order valence-corrected chi connectivity index (χ0v) is 17.8. The summed E-state index contributed by atoms with van der Waals surface area (Å²) in [5.41, 5.74) is 0.464. The van der Waals surface area contributed by atoms with E-state index in [4.69, 9.17) is 4.74 Å². The first kappa shape index (κ1) is 20.3. The lowest BCUT2D eigenvalue weighted by Gasteiger charge is -2.27. The SMILES string of the molecule is CC(C)(C)OC(=O)N1CCC[C@H]1C(=O)Nc1ncn(Cc2ccc(Br)cc2)n1. The van der Waals surface area contributed by atoms with Crippen molar-refractivity contribution in [3.8, 4) is 0 Å². The lowest BCUT2D eigenvalue weighted by molar-refractivity contribution is -0.120. The van der Waals surface area contributed by atoms with Crippen LogP contribution in [0.15, 0.2) is 35.1 Å². The van der Waals surface area contributed by atoms with E-state index < -0.39 is 17.7 Å². The number of carbonyl (C=O) groups excluding carboxylic acids is 2. The van der Waals surface area contributed by atoms with Crippen molar-refractivity contribution in [3.63, 3.8) is 0 Å². The van der Waals surface area contributed by atoms with Gasteiger partial charge in [-0.05, 0) is 51.3 Å². The number of likely N-dealkylation sites (tertiary alicyclic amines) is 1. The number of nitrogens with zero attached hydrogens (tertiary/aromatic N) is 4. The molecule has 1 N–H and O–H groups in total. The van der Waals surface area contributed by atoms with Gasteiger partial charge in [-0.1, -0.05) is 28.1 Å². The number of amides is 2. The lowest BCUT2D eigenvalue weighted by Crippen LogP contribution is -2.45. The maximum absolute atomic E-state index is 12.6. The van der Waals surface area contributed by atoms with E-state index in [-0.39, 0.29) is 11.9 Å². The van der Waals surface area contributed by atoms with Crippen molar-refractivity contribution in [1.82, 2.24) is 19.7 Å². The van der Waals surface area contributed by atoms with Gasteiger partial charge in [-0.25, -0.2) is 14.5 Å². The van der Waals surface area contributed by atoms with Crippen LogP contribution in [-0.2, 0) is 16.1 Å². The first-order valence-corrected chi connectivity index (χ1v) is 9.95. The summed E-state index contributed by atoms with van der Waals surface area (Å²) >= 11 is 3.41. The molecule has 2 aromatic rings. The van der Waals surface area contributed by atoms with E-state index in [0.717, 1.165) is 16.5 Å². The largest absolute Gasteiger partial charge is 0.444 e. The van der Waals surface area contributed by atoms with E-state index in [0.29, 0.717) is 19.5 Å². The molecule has 1 fully saturated rings. The first-order chi connectivity index (χ1) is 13.2. The number of carbonyl (C=O) groups is 2. The van der Waals surface area contributed by atoms with Gasteiger partial charge < -0.3 is 4.74 Å². The molecule has 0 radical (unpaired) electrons. The number of benzene rings is 1. The van der Waals surface area contributed by atoms with Crippen LogP contribution in [0.5, 0.6) is 0 Å². The van der Waals surface area contributed by atoms with Crippen LogP contribution in [0.2, 0.25) is 0 Å². The monoisotopic (exact) mass is 449 g/mol. The van der Waals surface area contributed by atoms with Crippen molar-refractivity contribution < 1.29 is 14.3 Å². The van der Waals surface area contributed by atoms with E-state index in [2.05, 4.69) is 31.3 Å². The summed E-state index contributed by atoms with van der Waals surface area (Å²) in [6.45, 7) is 6.45. The number of anilines is 1. The Kier molecular flexibility index (Phi) is 6.02. The Labute approximate surface area is 172 Å². The highest BCUT2D eigenvalue weighted by Gasteiger charge is 2.36. The highest BCUT2D eigenvalue weighted by Crippen LogP contribution is 2.22. The van der Waals surface area contributed by atoms with Gasteiger partial charge in [0.25, 0.3) is 0 Å². The number of nitrogens with one attached hydrogen (secondary N) is 1. The van der Waals surface area contributed by atoms with E-state index in [9.17, 15) is 9.59 Å². The molecule has 150 valence electrons. The van der Waals surface area contributed by atoms with Gasteiger partial charge in [0, 0.05) is 11.0 Å². The van der Waals surface area contributed by atoms with Crippen LogP contribution in [0.25, 0.3) is 0 Å². The number of ether oxygens (including phenoxy) is 1. The molecule has 1 saturated heterocycles. The topological polar surface area (TPSA) is 89.4 Å². The molecule has 0 bridgehead atoms. The van der Waals surface area contributed by atoms with Gasteiger partial charge in [0.2, 0.25) is 11.9 Å². The average Bonchev–Trinajstić information content (AvgIpc) is 3.25. The molecule has 2 amide bonds. The maximum Gasteiger partial charge on any atom is 0.410 e. The molecule has 3 rings (SSSR count). The van der Waals surface area contributed by atoms with Crippen LogP contribution in [-0.4, -0.2) is 49.9 Å². The minimum absolute atomic E-state index is 0.221. The van der Waals surface area contributed by atoms with E-state index >= 15 is 0 Å². The molecule has 0 unspecified atom stereocenters. The molecule has 1 aromatic carbocycles. The van der Waals surface area contributed by atoms with Gasteiger partial charge in [-0.15, -0.1) is 5.10 Å². The first-order valence-electron chi connectivity index (χ1n) is 9.16. The van der Waals surface area contributed by atoms with E-state index in [1.165, 1.54) is 4.90 Å². The zero-order chi connectivity index (χ0) is 20.3. The fourth-order valence-corrected chi connectivity index (χ4v) is 3.24. The van der Waals surface area contributed by atoms with Gasteiger partial charge in [0.05, 0.1) is 6.54 Å². The van der Waals surface area contributed by atoms with Gasteiger partial charge in [-0.3, -0.25) is 15.0 Å². The van der Waals surface area contributed by atoms with Crippen molar-refractivity contribution in [2.75, 3.05) is 11.9 Å². The quantitative estimate of drug-likeness (QED) is 0.771. The zero-order valence-electron chi connectivity index (χ0n) is 16.2.